The van der Waals surface area contributed by atoms with Gasteiger partial charge in [-0.05, 0) is 43.2 Å². The fraction of sp³-hybridized carbons (Fsp3) is 0.500. The Balaban J connectivity index is 2.05. The third-order valence-corrected chi connectivity index (χ3v) is 4.17. The van der Waals surface area contributed by atoms with Crippen molar-refractivity contribution in [3.63, 3.8) is 0 Å². The third-order valence-electron chi connectivity index (χ3n) is 2.72. The molecule has 1 nitrogen and oxygen atoms in total. The Hall–Kier alpha value is -0.340. The van der Waals surface area contributed by atoms with E-state index >= 15 is 0 Å². The summed E-state index contributed by atoms with van der Waals surface area (Å²) >= 11 is 8.03. The molecule has 1 fully saturated rings. The monoisotopic (exact) mass is 241 g/mol. The lowest BCUT2D eigenvalue weighted by Gasteiger charge is -2.24. The Bertz CT molecular complexity index is 334. The lowest BCUT2D eigenvalue weighted by atomic mass is 10.1. The van der Waals surface area contributed by atoms with Gasteiger partial charge in [0.2, 0.25) is 0 Å². The molecule has 1 aliphatic rings. The molecule has 3 heteroatoms. The summed E-state index contributed by atoms with van der Waals surface area (Å²) in [5, 5.41) is 4.40. The summed E-state index contributed by atoms with van der Waals surface area (Å²) in [6.45, 7) is 2.12. The van der Waals surface area contributed by atoms with Gasteiger partial charge in [-0.1, -0.05) is 17.7 Å². The van der Waals surface area contributed by atoms with E-state index in [2.05, 4.69) is 18.3 Å². The zero-order valence-electron chi connectivity index (χ0n) is 8.92. The first kappa shape index (κ1) is 11.2. The van der Waals surface area contributed by atoms with Crippen LogP contribution in [-0.4, -0.2) is 17.5 Å². The Labute approximate surface area is 101 Å². The molecule has 1 N–H and O–H groups in total. The van der Waals surface area contributed by atoms with Gasteiger partial charge < -0.3 is 5.32 Å². The Kier molecular flexibility index (Phi) is 3.81. The molecule has 82 valence electrons. The first-order valence-electron chi connectivity index (χ1n) is 5.36. The van der Waals surface area contributed by atoms with E-state index in [0.717, 1.165) is 5.02 Å². The highest BCUT2D eigenvalue weighted by atomic mass is 35.5. The first-order valence-corrected chi connectivity index (χ1v) is 6.89. The van der Waals surface area contributed by atoms with E-state index in [4.69, 9.17) is 11.6 Å². The number of benzene rings is 1. The highest BCUT2D eigenvalue weighted by Gasteiger charge is 2.13. The summed E-state index contributed by atoms with van der Waals surface area (Å²) in [6.07, 6.45) is 2.60. The summed E-state index contributed by atoms with van der Waals surface area (Å²) in [7, 11) is 0. The van der Waals surface area contributed by atoms with Crippen LogP contribution in [-0.2, 0) is 0 Å². The van der Waals surface area contributed by atoms with Crippen molar-refractivity contribution in [1.82, 2.24) is 0 Å². The molecule has 15 heavy (non-hydrogen) atoms. The second-order valence-corrected chi connectivity index (χ2v) is 5.60. The molecule has 0 saturated carbocycles. The molecule has 1 aromatic rings. The van der Waals surface area contributed by atoms with Gasteiger partial charge in [-0.3, -0.25) is 0 Å². The molecule has 0 aromatic heterocycles. The van der Waals surface area contributed by atoms with Crippen molar-refractivity contribution in [1.29, 1.82) is 0 Å². The van der Waals surface area contributed by atoms with Crippen LogP contribution in [0.1, 0.15) is 18.4 Å². The SMILES string of the molecule is Cc1ccc(Cl)cc1N[C@@H]1CCCSC1. The van der Waals surface area contributed by atoms with Crippen molar-refractivity contribution in [2.24, 2.45) is 0 Å². The fourth-order valence-corrected chi connectivity index (χ4v) is 3.07. The minimum absolute atomic E-state index is 0.612. The summed E-state index contributed by atoms with van der Waals surface area (Å²) in [5.41, 5.74) is 2.46. The van der Waals surface area contributed by atoms with Gasteiger partial charge in [0.05, 0.1) is 0 Å². The lowest BCUT2D eigenvalue weighted by molar-refractivity contribution is 0.684. The minimum atomic E-state index is 0.612. The molecular weight excluding hydrogens is 226 g/mol. The van der Waals surface area contributed by atoms with Gasteiger partial charge >= 0.3 is 0 Å². The zero-order valence-corrected chi connectivity index (χ0v) is 10.5. The number of halogens is 1. The van der Waals surface area contributed by atoms with Gasteiger partial charge in [0.1, 0.15) is 0 Å². The normalized spacial score (nSPS) is 21.3. The second-order valence-electron chi connectivity index (χ2n) is 4.02. The standard InChI is InChI=1S/C12H16ClNS/c1-9-4-5-10(13)7-12(9)14-11-3-2-6-15-8-11/h4-5,7,11,14H,2-3,6,8H2,1H3/t11-/m1/s1. The van der Waals surface area contributed by atoms with E-state index in [1.165, 1.54) is 35.6 Å². The van der Waals surface area contributed by atoms with Gasteiger partial charge in [-0.15, -0.1) is 0 Å². The van der Waals surface area contributed by atoms with E-state index < -0.39 is 0 Å². The van der Waals surface area contributed by atoms with Crippen LogP contribution in [0.15, 0.2) is 18.2 Å². The molecule has 0 unspecified atom stereocenters. The van der Waals surface area contributed by atoms with Crippen molar-refractivity contribution in [3.05, 3.63) is 28.8 Å². The molecule has 0 amide bonds. The maximum absolute atomic E-state index is 5.99. The average Bonchev–Trinajstić information content (AvgIpc) is 2.25. The molecule has 1 saturated heterocycles. The van der Waals surface area contributed by atoms with E-state index in [1.807, 2.05) is 23.9 Å². The molecule has 1 aliphatic heterocycles. The number of hydrogen-bond acceptors (Lipinski definition) is 2. The van der Waals surface area contributed by atoms with Gasteiger partial charge in [0, 0.05) is 22.5 Å². The van der Waals surface area contributed by atoms with Crippen molar-refractivity contribution in [3.8, 4) is 0 Å². The minimum Gasteiger partial charge on any atom is -0.381 e. The van der Waals surface area contributed by atoms with Crippen molar-refractivity contribution in [2.45, 2.75) is 25.8 Å². The summed E-state index contributed by atoms with van der Waals surface area (Å²) in [6, 6.07) is 6.65. The van der Waals surface area contributed by atoms with Crippen molar-refractivity contribution in [2.75, 3.05) is 16.8 Å². The lowest BCUT2D eigenvalue weighted by Crippen LogP contribution is -2.26. The quantitative estimate of drug-likeness (QED) is 0.841. The van der Waals surface area contributed by atoms with Crippen LogP contribution in [0.2, 0.25) is 5.02 Å². The number of anilines is 1. The van der Waals surface area contributed by atoms with E-state index in [9.17, 15) is 0 Å². The van der Waals surface area contributed by atoms with Gasteiger partial charge in [0.15, 0.2) is 0 Å². The maximum Gasteiger partial charge on any atom is 0.0426 e. The highest BCUT2D eigenvalue weighted by molar-refractivity contribution is 7.99. The van der Waals surface area contributed by atoms with Crippen LogP contribution < -0.4 is 5.32 Å². The Morgan fingerprint density at radius 3 is 3.07 bits per heavy atom. The summed E-state index contributed by atoms with van der Waals surface area (Å²) in [4.78, 5) is 0. The van der Waals surface area contributed by atoms with Gasteiger partial charge in [-0.2, -0.15) is 11.8 Å². The maximum atomic E-state index is 5.99. The van der Waals surface area contributed by atoms with Crippen molar-refractivity contribution >= 4 is 29.1 Å². The average molecular weight is 242 g/mol. The third kappa shape index (κ3) is 3.05. The topological polar surface area (TPSA) is 12.0 Å². The first-order chi connectivity index (χ1) is 7.25. The van der Waals surface area contributed by atoms with Crippen LogP contribution >= 0.6 is 23.4 Å². The fourth-order valence-electron chi connectivity index (χ4n) is 1.82. The van der Waals surface area contributed by atoms with E-state index in [1.54, 1.807) is 0 Å². The summed E-state index contributed by atoms with van der Waals surface area (Å²) in [5.74, 6) is 2.53. The number of nitrogens with one attached hydrogen (secondary N) is 1. The van der Waals surface area contributed by atoms with Crippen LogP contribution in [0.3, 0.4) is 0 Å². The molecule has 1 heterocycles. The molecule has 1 atom stereocenters. The number of aryl methyl sites for hydroxylation is 1. The molecule has 0 aliphatic carbocycles. The smallest absolute Gasteiger partial charge is 0.0426 e. The molecular formula is C12H16ClNS. The zero-order chi connectivity index (χ0) is 10.7. The number of hydrogen-bond donors (Lipinski definition) is 1. The van der Waals surface area contributed by atoms with Crippen LogP contribution in [0, 0.1) is 6.92 Å². The molecule has 0 bridgehead atoms. The van der Waals surface area contributed by atoms with Crippen LogP contribution in [0.4, 0.5) is 5.69 Å². The number of rotatable bonds is 2. The Morgan fingerprint density at radius 1 is 1.47 bits per heavy atom. The predicted octanol–water partition coefficient (Wildman–Crippen LogP) is 3.96. The summed E-state index contributed by atoms with van der Waals surface area (Å²) < 4.78 is 0. The van der Waals surface area contributed by atoms with Gasteiger partial charge in [-0.25, -0.2) is 0 Å². The largest absolute Gasteiger partial charge is 0.381 e. The van der Waals surface area contributed by atoms with Gasteiger partial charge in [0.25, 0.3) is 0 Å². The highest BCUT2D eigenvalue weighted by Crippen LogP contribution is 2.25. The van der Waals surface area contributed by atoms with Crippen molar-refractivity contribution < 1.29 is 0 Å². The van der Waals surface area contributed by atoms with Crippen LogP contribution in [0.25, 0.3) is 0 Å². The molecule has 1 aromatic carbocycles. The van der Waals surface area contributed by atoms with E-state index in [0.29, 0.717) is 6.04 Å². The predicted molar refractivity (Wildman–Crippen MR) is 70.2 cm³/mol. The molecule has 0 spiro atoms. The Morgan fingerprint density at radius 2 is 2.33 bits per heavy atom. The molecule has 0 radical (unpaired) electrons. The van der Waals surface area contributed by atoms with Crippen LogP contribution in [0.5, 0.6) is 0 Å². The second kappa shape index (κ2) is 5.13. The number of thioether (sulfide) groups is 1. The molecule has 2 rings (SSSR count). The van der Waals surface area contributed by atoms with E-state index in [-0.39, 0.29) is 0 Å².